The van der Waals surface area contributed by atoms with Gasteiger partial charge in [0.15, 0.2) is 6.10 Å². The van der Waals surface area contributed by atoms with Gasteiger partial charge in [0.1, 0.15) is 5.75 Å². The minimum Gasteiger partial charge on any atom is -0.481 e. The van der Waals surface area contributed by atoms with Crippen LogP contribution in [0.4, 0.5) is 5.69 Å². The molecular weight excluding hydrogens is 244 g/mol. The second-order valence-corrected chi connectivity index (χ2v) is 3.88. The van der Waals surface area contributed by atoms with Crippen LogP contribution in [0, 0.1) is 11.3 Å². The van der Waals surface area contributed by atoms with Crippen LogP contribution < -0.4 is 10.1 Å². The molecule has 1 heterocycles. The Labute approximate surface area is 110 Å². The lowest BCUT2D eigenvalue weighted by Gasteiger charge is -2.14. The van der Waals surface area contributed by atoms with Gasteiger partial charge >= 0.3 is 0 Å². The number of nitrogens with zero attached hydrogens (tertiary/aromatic N) is 2. The molecule has 2 aromatic rings. The molecule has 0 saturated heterocycles. The van der Waals surface area contributed by atoms with Gasteiger partial charge in [-0.15, -0.1) is 0 Å². The summed E-state index contributed by atoms with van der Waals surface area (Å²) in [7, 11) is 0. The molecular formula is C13H12N4O2. The van der Waals surface area contributed by atoms with Crippen molar-refractivity contribution in [1.29, 1.82) is 5.26 Å². The second kappa shape index (κ2) is 5.69. The van der Waals surface area contributed by atoms with Crippen LogP contribution in [0.25, 0.3) is 0 Å². The van der Waals surface area contributed by atoms with Gasteiger partial charge in [0, 0.05) is 6.20 Å². The van der Waals surface area contributed by atoms with Gasteiger partial charge in [0.25, 0.3) is 5.91 Å². The fraction of sp³-hybridized carbons (Fsp3) is 0.154. The van der Waals surface area contributed by atoms with Gasteiger partial charge in [0.2, 0.25) is 0 Å². The summed E-state index contributed by atoms with van der Waals surface area (Å²) in [5.41, 5.74) is 1.06. The molecule has 0 radical (unpaired) electrons. The molecule has 1 atom stereocenters. The molecule has 2 N–H and O–H groups in total. The number of hydrogen-bond donors (Lipinski definition) is 2. The Morgan fingerprint density at radius 3 is 3.11 bits per heavy atom. The number of H-pyrrole nitrogens is 1. The Morgan fingerprint density at radius 2 is 2.42 bits per heavy atom. The van der Waals surface area contributed by atoms with Crippen molar-refractivity contribution in [3.63, 3.8) is 0 Å². The van der Waals surface area contributed by atoms with E-state index in [4.69, 9.17) is 10.00 Å². The fourth-order valence-electron chi connectivity index (χ4n) is 1.46. The van der Waals surface area contributed by atoms with Crippen molar-refractivity contribution < 1.29 is 9.53 Å². The van der Waals surface area contributed by atoms with Crippen LogP contribution in [-0.4, -0.2) is 22.2 Å². The average Bonchev–Trinajstić information content (AvgIpc) is 2.91. The number of nitrogens with one attached hydrogen (secondary N) is 2. The minimum atomic E-state index is -0.677. The Kier molecular flexibility index (Phi) is 3.78. The number of ether oxygens (including phenoxy) is 1. The molecule has 0 fully saturated rings. The molecule has 19 heavy (non-hydrogen) atoms. The lowest BCUT2D eigenvalue weighted by molar-refractivity contribution is -0.122. The Morgan fingerprint density at radius 1 is 1.58 bits per heavy atom. The summed E-state index contributed by atoms with van der Waals surface area (Å²) in [4.78, 5) is 11.8. The summed E-state index contributed by atoms with van der Waals surface area (Å²) in [6, 6.07) is 8.67. The zero-order valence-corrected chi connectivity index (χ0v) is 10.3. The van der Waals surface area contributed by atoms with Crippen molar-refractivity contribution in [3.8, 4) is 11.8 Å². The molecule has 1 aromatic heterocycles. The van der Waals surface area contributed by atoms with Crippen molar-refractivity contribution in [2.75, 3.05) is 5.32 Å². The fourth-order valence-corrected chi connectivity index (χ4v) is 1.46. The molecule has 6 heteroatoms. The second-order valence-electron chi connectivity index (χ2n) is 3.88. The molecule has 0 bridgehead atoms. The van der Waals surface area contributed by atoms with E-state index < -0.39 is 6.10 Å². The first-order valence-corrected chi connectivity index (χ1v) is 5.65. The average molecular weight is 256 g/mol. The van der Waals surface area contributed by atoms with E-state index in [0.29, 0.717) is 17.0 Å². The SMILES string of the molecule is CC(Oc1cccc(C#N)c1)C(=O)Nc1cn[nH]c1. The third-order valence-electron chi connectivity index (χ3n) is 2.41. The molecule has 0 saturated carbocycles. The molecule has 1 unspecified atom stereocenters. The summed E-state index contributed by atoms with van der Waals surface area (Å²) < 4.78 is 5.47. The number of hydrogen-bond acceptors (Lipinski definition) is 4. The highest BCUT2D eigenvalue weighted by Crippen LogP contribution is 2.15. The first-order chi connectivity index (χ1) is 9.19. The van der Waals surface area contributed by atoms with E-state index >= 15 is 0 Å². The topological polar surface area (TPSA) is 90.8 Å². The molecule has 0 aliphatic carbocycles. The molecule has 2 rings (SSSR count). The van der Waals surface area contributed by atoms with Crippen molar-refractivity contribution in [2.45, 2.75) is 13.0 Å². The Bertz CT molecular complexity index is 601. The molecule has 0 aliphatic rings. The van der Waals surface area contributed by atoms with Crippen LogP contribution in [0.15, 0.2) is 36.7 Å². The van der Waals surface area contributed by atoms with Gasteiger partial charge < -0.3 is 10.1 Å². The molecule has 1 amide bonds. The van der Waals surface area contributed by atoms with Crippen LogP contribution in [0.2, 0.25) is 0 Å². The number of amides is 1. The number of rotatable bonds is 4. The van der Waals surface area contributed by atoms with E-state index in [0.717, 1.165) is 0 Å². The third kappa shape index (κ3) is 3.33. The van der Waals surface area contributed by atoms with Crippen molar-refractivity contribution in [2.24, 2.45) is 0 Å². The molecule has 1 aromatic carbocycles. The number of carbonyl (C=O) groups is 1. The first-order valence-electron chi connectivity index (χ1n) is 5.65. The predicted octanol–water partition coefficient (Wildman–Crippen LogP) is 1.69. The van der Waals surface area contributed by atoms with Crippen LogP contribution in [0.1, 0.15) is 12.5 Å². The highest BCUT2D eigenvalue weighted by Gasteiger charge is 2.15. The molecule has 0 spiro atoms. The standard InChI is InChI=1S/C13H12N4O2/c1-9(13(18)17-11-7-15-16-8-11)19-12-4-2-3-10(5-12)6-14/h2-5,7-9H,1H3,(H,15,16)(H,17,18). The Hall–Kier alpha value is -2.81. The number of carbonyl (C=O) groups excluding carboxylic acids is 1. The van der Waals surface area contributed by atoms with Gasteiger partial charge in [-0.2, -0.15) is 10.4 Å². The summed E-state index contributed by atoms with van der Waals surface area (Å²) in [5.74, 6) is 0.192. The maximum Gasteiger partial charge on any atom is 0.265 e. The van der Waals surface area contributed by atoms with Gasteiger partial charge in [-0.25, -0.2) is 0 Å². The number of benzene rings is 1. The maximum atomic E-state index is 11.8. The number of aromatic amines is 1. The highest BCUT2D eigenvalue weighted by atomic mass is 16.5. The Balaban J connectivity index is 1.98. The lowest BCUT2D eigenvalue weighted by atomic mass is 10.2. The van der Waals surface area contributed by atoms with Crippen molar-refractivity contribution in [1.82, 2.24) is 10.2 Å². The zero-order valence-electron chi connectivity index (χ0n) is 10.3. The largest absolute Gasteiger partial charge is 0.481 e. The number of aromatic nitrogens is 2. The summed E-state index contributed by atoms with van der Waals surface area (Å²) in [6.07, 6.45) is 2.39. The van der Waals surface area contributed by atoms with Gasteiger partial charge in [0.05, 0.1) is 23.5 Å². The van der Waals surface area contributed by atoms with Gasteiger partial charge in [-0.3, -0.25) is 9.89 Å². The van der Waals surface area contributed by atoms with E-state index in [-0.39, 0.29) is 5.91 Å². The monoisotopic (exact) mass is 256 g/mol. The maximum absolute atomic E-state index is 11.8. The number of nitriles is 1. The quantitative estimate of drug-likeness (QED) is 0.870. The van der Waals surface area contributed by atoms with E-state index in [1.54, 1.807) is 37.4 Å². The predicted molar refractivity (Wildman–Crippen MR) is 68.5 cm³/mol. The van der Waals surface area contributed by atoms with Crippen LogP contribution >= 0.6 is 0 Å². The van der Waals surface area contributed by atoms with E-state index in [1.807, 2.05) is 6.07 Å². The van der Waals surface area contributed by atoms with Gasteiger partial charge in [-0.05, 0) is 25.1 Å². The zero-order chi connectivity index (χ0) is 13.7. The molecule has 96 valence electrons. The van der Waals surface area contributed by atoms with E-state index in [1.165, 1.54) is 6.20 Å². The summed E-state index contributed by atoms with van der Waals surface area (Å²) in [5, 5.41) is 17.8. The number of anilines is 1. The van der Waals surface area contributed by atoms with Crippen LogP contribution in [0.3, 0.4) is 0 Å². The van der Waals surface area contributed by atoms with Crippen LogP contribution in [0.5, 0.6) is 5.75 Å². The molecule has 6 nitrogen and oxygen atoms in total. The van der Waals surface area contributed by atoms with E-state index in [9.17, 15) is 4.79 Å². The summed E-state index contributed by atoms with van der Waals surface area (Å²) >= 11 is 0. The minimum absolute atomic E-state index is 0.288. The normalized spacial score (nSPS) is 11.4. The highest BCUT2D eigenvalue weighted by molar-refractivity contribution is 5.93. The third-order valence-corrected chi connectivity index (χ3v) is 2.41. The van der Waals surface area contributed by atoms with Crippen LogP contribution in [-0.2, 0) is 4.79 Å². The van der Waals surface area contributed by atoms with Gasteiger partial charge in [-0.1, -0.05) is 6.07 Å². The molecule has 0 aliphatic heterocycles. The van der Waals surface area contributed by atoms with E-state index in [2.05, 4.69) is 15.5 Å². The summed E-state index contributed by atoms with van der Waals surface area (Å²) in [6.45, 7) is 1.63. The first kappa shape index (κ1) is 12.6. The van der Waals surface area contributed by atoms with Crippen molar-refractivity contribution >= 4 is 11.6 Å². The lowest BCUT2D eigenvalue weighted by Crippen LogP contribution is -2.30. The van der Waals surface area contributed by atoms with Crippen molar-refractivity contribution in [3.05, 3.63) is 42.2 Å². The smallest absolute Gasteiger partial charge is 0.265 e.